The second-order valence-electron chi connectivity index (χ2n) is 7.29. The Hall–Kier alpha value is -1.89. The molecule has 2 aromatic carbocycles. The summed E-state index contributed by atoms with van der Waals surface area (Å²) in [7, 11) is -1.43. The molecule has 6 heteroatoms. The minimum atomic E-state index is -3.60. The molecule has 1 atom stereocenters. The van der Waals surface area contributed by atoms with Gasteiger partial charge in [0.1, 0.15) is 0 Å². The van der Waals surface area contributed by atoms with E-state index in [4.69, 9.17) is 0 Å². The number of nitrogens with one attached hydrogen (secondary N) is 1. The summed E-state index contributed by atoms with van der Waals surface area (Å²) in [6.07, 6.45) is 5.46. The molecule has 2 heterocycles. The number of H-pyrrole nitrogens is 1. The van der Waals surface area contributed by atoms with Gasteiger partial charge in [0.2, 0.25) is 9.84 Å². The van der Waals surface area contributed by atoms with Crippen LogP contribution in [0.25, 0.3) is 15.8 Å². The quantitative estimate of drug-likeness (QED) is 0.593. The zero-order valence-electron chi connectivity index (χ0n) is 15.9. The molecule has 1 aromatic heterocycles. The van der Waals surface area contributed by atoms with E-state index >= 15 is 0 Å². The number of rotatable bonds is 5. The summed E-state index contributed by atoms with van der Waals surface area (Å²) in [5.41, 5.74) is 2.90. The van der Waals surface area contributed by atoms with Crippen LogP contribution < -0.4 is 0 Å². The maximum Gasteiger partial charge on any atom is 0.206 e. The molecule has 4 nitrogen and oxygen atoms in total. The van der Waals surface area contributed by atoms with Gasteiger partial charge in [0, 0.05) is 23.1 Å². The monoisotopic (exact) mass is 460 g/mol. The first kappa shape index (κ1) is 20.8. The van der Waals surface area contributed by atoms with Crippen molar-refractivity contribution in [3.63, 3.8) is 0 Å². The highest BCUT2D eigenvalue weighted by Gasteiger charge is 2.23. The first-order valence-corrected chi connectivity index (χ1v) is 10.7. The number of hydrogen-bond donors (Lipinski definition) is 1. The summed E-state index contributed by atoms with van der Waals surface area (Å²) in [6, 6.07) is 14.7. The predicted octanol–water partition coefficient (Wildman–Crippen LogP) is 4.83. The standard InChI is InChI=1S/C22H24N2O2S.BrH/c1-16(27(25,26)20-8-4-3-5-9-20)17-10-11-22-21(14-17)18(15-23-22)13-19-7-6-12-24(19)2;/h3-5,8-11,14-15,19,23H,1,6-7,12-13H2,2H3;1H. The molecule has 4 rings (SSSR count). The zero-order valence-corrected chi connectivity index (χ0v) is 18.4. The molecule has 28 heavy (non-hydrogen) atoms. The van der Waals surface area contributed by atoms with E-state index in [1.807, 2.05) is 18.2 Å². The zero-order chi connectivity index (χ0) is 19.0. The van der Waals surface area contributed by atoms with Crippen LogP contribution >= 0.6 is 17.0 Å². The van der Waals surface area contributed by atoms with Gasteiger partial charge in [0.15, 0.2) is 0 Å². The lowest BCUT2D eigenvalue weighted by molar-refractivity contribution is 0.310. The van der Waals surface area contributed by atoms with Crippen LogP contribution in [0, 0.1) is 0 Å². The van der Waals surface area contributed by atoms with Gasteiger partial charge in [0.05, 0.1) is 9.80 Å². The summed E-state index contributed by atoms with van der Waals surface area (Å²) in [6.45, 7) is 5.05. The fourth-order valence-electron chi connectivity index (χ4n) is 3.91. The van der Waals surface area contributed by atoms with Gasteiger partial charge in [-0.2, -0.15) is 0 Å². The number of fused-ring (bicyclic) bond motifs is 1. The van der Waals surface area contributed by atoms with Gasteiger partial charge in [-0.3, -0.25) is 0 Å². The van der Waals surface area contributed by atoms with Gasteiger partial charge in [0.25, 0.3) is 0 Å². The van der Waals surface area contributed by atoms with Crippen LogP contribution in [-0.4, -0.2) is 37.9 Å². The highest BCUT2D eigenvalue weighted by Crippen LogP contribution is 2.31. The second kappa shape index (κ2) is 8.23. The van der Waals surface area contributed by atoms with Crippen LogP contribution in [0.5, 0.6) is 0 Å². The van der Waals surface area contributed by atoms with Crippen LogP contribution in [0.3, 0.4) is 0 Å². The van der Waals surface area contributed by atoms with Gasteiger partial charge in [-0.05, 0) is 68.2 Å². The number of nitrogens with zero attached hydrogens (tertiary/aromatic N) is 1. The van der Waals surface area contributed by atoms with E-state index in [2.05, 4.69) is 29.7 Å². The maximum absolute atomic E-state index is 12.9. The SMILES string of the molecule is Br.C=C(c1ccc2[nH]cc(CC3CCCN3C)c2c1)S(=O)(=O)c1ccccc1. The first-order chi connectivity index (χ1) is 13.0. The molecule has 1 fully saturated rings. The second-order valence-corrected chi connectivity index (χ2v) is 9.27. The van der Waals surface area contributed by atoms with Crippen LogP contribution in [0.4, 0.5) is 0 Å². The van der Waals surface area contributed by atoms with Crippen LogP contribution in [-0.2, 0) is 16.3 Å². The molecule has 0 aliphatic carbocycles. The van der Waals surface area contributed by atoms with Crippen molar-refractivity contribution in [3.05, 3.63) is 72.4 Å². The van der Waals surface area contributed by atoms with E-state index in [-0.39, 0.29) is 26.8 Å². The Morgan fingerprint density at radius 1 is 1.21 bits per heavy atom. The van der Waals surface area contributed by atoms with Crippen LogP contribution in [0.1, 0.15) is 24.0 Å². The molecular formula is C22H25BrN2O2S. The molecule has 0 radical (unpaired) electrons. The van der Waals surface area contributed by atoms with E-state index < -0.39 is 9.84 Å². The minimum Gasteiger partial charge on any atom is -0.361 e. The normalized spacial score (nSPS) is 17.5. The summed E-state index contributed by atoms with van der Waals surface area (Å²) in [5, 5.41) is 1.08. The van der Waals surface area contributed by atoms with Crippen LogP contribution in [0.2, 0.25) is 0 Å². The Morgan fingerprint density at radius 2 is 1.96 bits per heavy atom. The van der Waals surface area contributed by atoms with Gasteiger partial charge >= 0.3 is 0 Å². The molecule has 1 aliphatic heterocycles. The van der Waals surface area contributed by atoms with E-state index in [0.717, 1.165) is 23.9 Å². The van der Waals surface area contributed by atoms with Crippen molar-refractivity contribution in [1.29, 1.82) is 0 Å². The Labute approximate surface area is 177 Å². The highest BCUT2D eigenvalue weighted by molar-refractivity contribution is 8.93. The molecule has 1 aliphatic rings. The fraction of sp³-hybridized carbons (Fsp3) is 0.273. The summed E-state index contributed by atoms with van der Waals surface area (Å²) in [4.78, 5) is 6.13. The van der Waals surface area contributed by atoms with Crippen molar-refractivity contribution in [2.24, 2.45) is 0 Å². The Bertz CT molecular complexity index is 1090. The number of likely N-dealkylation sites (N-methyl/N-ethyl adjacent to an activating group) is 1. The van der Waals surface area contributed by atoms with E-state index in [9.17, 15) is 8.42 Å². The fourth-order valence-corrected chi connectivity index (χ4v) is 5.15. The van der Waals surface area contributed by atoms with Gasteiger partial charge in [-0.25, -0.2) is 8.42 Å². The molecule has 0 spiro atoms. The van der Waals surface area contributed by atoms with Gasteiger partial charge in [-0.1, -0.05) is 30.8 Å². The number of benzene rings is 2. The molecule has 3 aromatic rings. The van der Waals surface area contributed by atoms with E-state index in [1.165, 1.54) is 18.4 Å². The van der Waals surface area contributed by atoms with E-state index in [1.54, 1.807) is 30.3 Å². The summed E-state index contributed by atoms with van der Waals surface area (Å²) < 4.78 is 25.8. The minimum absolute atomic E-state index is 0. The van der Waals surface area contributed by atoms with Gasteiger partial charge < -0.3 is 9.88 Å². The number of sulfone groups is 1. The van der Waals surface area contributed by atoms with Crippen molar-refractivity contribution >= 4 is 42.6 Å². The topological polar surface area (TPSA) is 53.2 Å². The lowest BCUT2D eigenvalue weighted by atomic mass is 10.0. The molecule has 1 unspecified atom stereocenters. The Balaban J connectivity index is 0.00000225. The van der Waals surface area contributed by atoms with Crippen molar-refractivity contribution in [2.45, 2.75) is 30.2 Å². The molecule has 0 amide bonds. The third-order valence-corrected chi connectivity index (χ3v) is 7.37. The van der Waals surface area contributed by atoms with Crippen molar-refractivity contribution in [2.75, 3.05) is 13.6 Å². The van der Waals surface area contributed by atoms with Crippen molar-refractivity contribution < 1.29 is 8.42 Å². The van der Waals surface area contributed by atoms with Crippen LogP contribution in [0.15, 0.2) is 66.2 Å². The Kier molecular flexibility index (Phi) is 6.12. The molecule has 1 N–H and O–H groups in total. The third-order valence-electron chi connectivity index (χ3n) is 5.59. The molecule has 148 valence electrons. The Morgan fingerprint density at radius 3 is 2.64 bits per heavy atom. The molecule has 1 saturated heterocycles. The largest absolute Gasteiger partial charge is 0.361 e. The van der Waals surface area contributed by atoms with Crippen molar-refractivity contribution in [1.82, 2.24) is 9.88 Å². The number of likely N-dealkylation sites (tertiary alicyclic amines) is 1. The number of hydrogen-bond acceptors (Lipinski definition) is 3. The molecule has 0 saturated carbocycles. The lowest BCUT2D eigenvalue weighted by Crippen LogP contribution is -2.26. The average molecular weight is 461 g/mol. The lowest BCUT2D eigenvalue weighted by Gasteiger charge is -2.18. The average Bonchev–Trinajstić information content (AvgIpc) is 3.28. The van der Waals surface area contributed by atoms with E-state index in [0.29, 0.717) is 11.6 Å². The number of halogens is 1. The number of aromatic nitrogens is 1. The summed E-state index contributed by atoms with van der Waals surface area (Å²) >= 11 is 0. The summed E-state index contributed by atoms with van der Waals surface area (Å²) in [5.74, 6) is 0. The first-order valence-electron chi connectivity index (χ1n) is 9.26. The molecule has 0 bridgehead atoms. The maximum atomic E-state index is 12.9. The number of aromatic amines is 1. The highest BCUT2D eigenvalue weighted by atomic mass is 79.9. The predicted molar refractivity (Wildman–Crippen MR) is 121 cm³/mol. The van der Waals surface area contributed by atoms with Gasteiger partial charge in [-0.15, -0.1) is 17.0 Å². The smallest absolute Gasteiger partial charge is 0.206 e. The molecular weight excluding hydrogens is 436 g/mol. The third kappa shape index (κ3) is 3.81. The van der Waals surface area contributed by atoms with Crippen molar-refractivity contribution in [3.8, 4) is 0 Å².